The van der Waals surface area contributed by atoms with Gasteiger partial charge in [-0.15, -0.1) is 0 Å². The van der Waals surface area contributed by atoms with Gasteiger partial charge in [0.05, 0.1) is 24.1 Å². The third-order valence-corrected chi connectivity index (χ3v) is 5.14. The molecule has 0 unspecified atom stereocenters. The van der Waals surface area contributed by atoms with Gasteiger partial charge >= 0.3 is 0 Å². The fourth-order valence-corrected chi connectivity index (χ4v) is 3.45. The fourth-order valence-electron chi connectivity index (χ4n) is 3.29. The van der Waals surface area contributed by atoms with Gasteiger partial charge in [-0.25, -0.2) is 19.3 Å². The number of amides is 1. The predicted octanol–water partition coefficient (Wildman–Crippen LogP) is 4.41. The summed E-state index contributed by atoms with van der Waals surface area (Å²) in [6, 6.07) is 11.6. The third kappa shape index (κ3) is 4.68. The molecule has 1 amide bonds. The number of anilines is 1. The first-order valence-electron chi connectivity index (χ1n) is 10.2. The zero-order valence-corrected chi connectivity index (χ0v) is 18.5. The molecule has 0 aliphatic carbocycles. The summed E-state index contributed by atoms with van der Waals surface area (Å²) in [6.45, 7) is 0. The summed E-state index contributed by atoms with van der Waals surface area (Å²) in [5.41, 5.74) is 0.319. The van der Waals surface area contributed by atoms with Crippen LogP contribution in [0.4, 0.5) is 10.3 Å². The van der Waals surface area contributed by atoms with Crippen LogP contribution in [-0.2, 0) is 0 Å². The van der Waals surface area contributed by atoms with E-state index in [9.17, 15) is 14.0 Å². The van der Waals surface area contributed by atoms with E-state index in [0.29, 0.717) is 33.2 Å². The molecule has 0 fully saturated rings. The molecule has 5 aromatic rings. The molecular weight excluding hydrogens is 475 g/mol. The lowest BCUT2D eigenvalue weighted by Gasteiger charge is -2.10. The Kier molecular flexibility index (Phi) is 5.86. The SMILES string of the molecule is O=C(Nc1ncc(Oc2ccnc3cnc(Cl)cc23)cn1)c1cccn(-c2ccc(F)cc2)c1=O. The van der Waals surface area contributed by atoms with Crippen molar-refractivity contribution in [2.75, 3.05) is 5.32 Å². The lowest BCUT2D eigenvalue weighted by Crippen LogP contribution is -2.28. The highest BCUT2D eigenvalue weighted by Crippen LogP contribution is 2.29. The minimum absolute atomic E-state index is 0.0224. The number of nitrogens with one attached hydrogen (secondary N) is 1. The van der Waals surface area contributed by atoms with E-state index >= 15 is 0 Å². The van der Waals surface area contributed by atoms with Gasteiger partial charge in [-0.2, -0.15) is 0 Å². The van der Waals surface area contributed by atoms with Gasteiger partial charge in [-0.05, 0) is 48.5 Å². The van der Waals surface area contributed by atoms with E-state index in [2.05, 4.69) is 25.3 Å². The molecule has 9 nitrogen and oxygen atoms in total. The Morgan fingerprint density at radius 2 is 1.77 bits per heavy atom. The number of carbonyl (C=O) groups is 1. The van der Waals surface area contributed by atoms with Crippen molar-refractivity contribution in [2.45, 2.75) is 0 Å². The molecule has 0 bridgehead atoms. The second-order valence-corrected chi connectivity index (χ2v) is 7.59. The number of pyridine rings is 3. The van der Waals surface area contributed by atoms with Crippen molar-refractivity contribution in [3.8, 4) is 17.2 Å². The molecule has 0 saturated heterocycles. The minimum atomic E-state index is -0.692. The molecule has 35 heavy (non-hydrogen) atoms. The number of nitrogens with zero attached hydrogens (tertiary/aromatic N) is 5. The molecule has 5 rings (SSSR count). The maximum absolute atomic E-state index is 13.2. The summed E-state index contributed by atoms with van der Waals surface area (Å²) >= 11 is 5.98. The van der Waals surface area contributed by atoms with Crippen molar-refractivity contribution < 1.29 is 13.9 Å². The van der Waals surface area contributed by atoms with E-state index in [1.165, 1.54) is 65.8 Å². The van der Waals surface area contributed by atoms with Crippen LogP contribution in [0.25, 0.3) is 16.6 Å². The van der Waals surface area contributed by atoms with E-state index < -0.39 is 17.3 Å². The van der Waals surface area contributed by atoms with Crippen LogP contribution in [0.1, 0.15) is 10.4 Å². The Morgan fingerprint density at radius 1 is 1.00 bits per heavy atom. The topological polar surface area (TPSA) is 112 Å². The van der Waals surface area contributed by atoms with Gasteiger partial charge in [0, 0.05) is 23.5 Å². The summed E-state index contributed by atoms with van der Waals surface area (Å²) in [7, 11) is 0. The van der Waals surface area contributed by atoms with Gasteiger partial charge in [0.1, 0.15) is 22.3 Å². The molecule has 0 radical (unpaired) electrons. The summed E-state index contributed by atoms with van der Waals surface area (Å²) in [4.78, 5) is 41.9. The average molecular weight is 489 g/mol. The molecule has 11 heteroatoms. The van der Waals surface area contributed by atoms with Crippen molar-refractivity contribution in [3.63, 3.8) is 0 Å². The van der Waals surface area contributed by atoms with Gasteiger partial charge in [-0.1, -0.05) is 11.6 Å². The lowest BCUT2D eigenvalue weighted by molar-refractivity contribution is 0.102. The maximum atomic E-state index is 13.2. The van der Waals surface area contributed by atoms with Crippen molar-refractivity contribution in [3.05, 3.63) is 106 Å². The van der Waals surface area contributed by atoms with Gasteiger partial charge < -0.3 is 4.74 Å². The first kappa shape index (κ1) is 22.1. The number of hydrogen-bond acceptors (Lipinski definition) is 7. The van der Waals surface area contributed by atoms with Crippen molar-refractivity contribution >= 4 is 34.4 Å². The maximum Gasteiger partial charge on any atom is 0.267 e. The lowest BCUT2D eigenvalue weighted by atomic mass is 10.2. The molecule has 0 aliphatic rings. The Morgan fingerprint density at radius 3 is 2.54 bits per heavy atom. The molecule has 0 spiro atoms. The monoisotopic (exact) mass is 488 g/mol. The third-order valence-electron chi connectivity index (χ3n) is 4.93. The zero-order chi connectivity index (χ0) is 24.4. The number of ether oxygens (including phenoxy) is 1. The average Bonchev–Trinajstić information content (AvgIpc) is 2.86. The molecule has 0 aliphatic heterocycles. The second kappa shape index (κ2) is 9.27. The molecule has 0 saturated carbocycles. The normalized spacial score (nSPS) is 10.8. The Balaban J connectivity index is 1.34. The molecule has 4 heterocycles. The van der Waals surface area contributed by atoms with Crippen molar-refractivity contribution in [1.29, 1.82) is 0 Å². The first-order chi connectivity index (χ1) is 17.0. The van der Waals surface area contributed by atoms with E-state index in [4.69, 9.17) is 16.3 Å². The van der Waals surface area contributed by atoms with E-state index in [0.717, 1.165) is 0 Å². The minimum Gasteiger partial charge on any atom is -0.453 e. The smallest absolute Gasteiger partial charge is 0.267 e. The van der Waals surface area contributed by atoms with Crippen LogP contribution in [0.5, 0.6) is 11.5 Å². The first-order valence-corrected chi connectivity index (χ1v) is 10.5. The molecule has 172 valence electrons. The quantitative estimate of drug-likeness (QED) is 0.365. The summed E-state index contributed by atoms with van der Waals surface area (Å²) in [6.07, 6.45) is 7.34. The van der Waals surface area contributed by atoms with Gasteiger partial charge in [0.25, 0.3) is 11.5 Å². The number of aromatic nitrogens is 5. The summed E-state index contributed by atoms with van der Waals surface area (Å²) in [5, 5.41) is 3.44. The Hall–Kier alpha value is -4.70. The van der Waals surface area contributed by atoms with Crippen LogP contribution < -0.4 is 15.6 Å². The van der Waals surface area contributed by atoms with Crippen LogP contribution in [0.2, 0.25) is 5.15 Å². The van der Waals surface area contributed by atoms with Crippen molar-refractivity contribution in [2.24, 2.45) is 0 Å². The molecule has 4 aromatic heterocycles. The standard InChI is InChI=1S/C24H14ClFN6O3/c25-21-10-18-19(13-28-21)27-8-7-20(18)35-16-11-29-24(30-12-16)31-22(33)17-2-1-9-32(23(17)34)15-5-3-14(26)4-6-15/h1-13H,(H,29,30,31,33). The predicted molar refractivity (Wildman–Crippen MR) is 127 cm³/mol. The highest BCUT2D eigenvalue weighted by molar-refractivity contribution is 6.30. The van der Waals surface area contributed by atoms with Crippen LogP contribution in [-0.4, -0.2) is 30.4 Å². The zero-order valence-electron chi connectivity index (χ0n) is 17.7. The van der Waals surface area contributed by atoms with Gasteiger partial charge in [0.2, 0.25) is 5.95 Å². The van der Waals surface area contributed by atoms with E-state index in [-0.39, 0.29) is 11.5 Å². The van der Waals surface area contributed by atoms with Crippen LogP contribution in [0.3, 0.4) is 0 Å². The molecular formula is C24H14ClFN6O3. The number of halogens is 2. The number of fused-ring (bicyclic) bond motifs is 1. The van der Waals surface area contributed by atoms with Crippen LogP contribution in [0.15, 0.2) is 84.3 Å². The van der Waals surface area contributed by atoms with Crippen LogP contribution >= 0.6 is 11.6 Å². The Labute approximate surface area is 201 Å². The van der Waals surface area contributed by atoms with Crippen LogP contribution in [0, 0.1) is 5.82 Å². The van der Waals surface area contributed by atoms with Gasteiger partial charge in [-0.3, -0.25) is 24.5 Å². The highest BCUT2D eigenvalue weighted by atomic mass is 35.5. The number of rotatable bonds is 5. The molecule has 1 N–H and O–H groups in total. The number of benzene rings is 1. The number of hydrogen-bond donors (Lipinski definition) is 1. The molecule has 0 atom stereocenters. The van der Waals surface area contributed by atoms with Gasteiger partial charge in [0.15, 0.2) is 5.75 Å². The van der Waals surface area contributed by atoms with E-state index in [1.807, 2.05) is 0 Å². The molecule has 1 aromatic carbocycles. The Bertz CT molecular complexity index is 1610. The summed E-state index contributed by atoms with van der Waals surface area (Å²) in [5.74, 6) is -0.363. The largest absolute Gasteiger partial charge is 0.453 e. The highest BCUT2D eigenvalue weighted by Gasteiger charge is 2.15. The van der Waals surface area contributed by atoms with E-state index in [1.54, 1.807) is 18.3 Å². The summed E-state index contributed by atoms with van der Waals surface area (Å²) < 4.78 is 20.3. The second-order valence-electron chi connectivity index (χ2n) is 7.21. The number of carbonyl (C=O) groups excluding carboxylic acids is 1. The van der Waals surface area contributed by atoms with Crippen molar-refractivity contribution in [1.82, 2.24) is 24.5 Å². The fraction of sp³-hybridized carbons (Fsp3) is 0.